The summed E-state index contributed by atoms with van der Waals surface area (Å²) in [6.45, 7) is 9.68. The number of aliphatic hydroxyl groups is 1. The van der Waals surface area contributed by atoms with Crippen LogP contribution in [-0.4, -0.2) is 54.6 Å². The summed E-state index contributed by atoms with van der Waals surface area (Å²) in [5.74, 6) is 0. The molecule has 0 unspecified atom stereocenters. The first-order chi connectivity index (χ1) is 11.0. The average Bonchev–Trinajstić information content (AvgIpc) is 3.00. The Morgan fingerprint density at radius 1 is 1.35 bits per heavy atom. The van der Waals surface area contributed by atoms with Gasteiger partial charge < -0.3 is 14.6 Å². The molecule has 4 heteroatoms. The minimum atomic E-state index is -0.470. The molecule has 23 heavy (non-hydrogen) atoms. The molecule has 4 nitrogen and oxygen atoms in total. The van der Waals surface area contributed by atoms with Crippen molar-refractivity contribution in [3.63, 3.8) is 0 Å². The van der Waals surface area contributed by atoms with Gasteiger partial charge in [0, 0.05) is 26.2 Å². The molecule has 1 heterocycles. The van der Waals surface area contributed by atoms with Crippen molar-refractivity contribution in [3.05, 3.63) is 35.4 Å². The van der Waals surface area contributed by atoms with Crippen molar-refractivity contribution in [2.24, 2.45) is 0 Å². The number of ether oxygens (including phenoxy) is 2. The molecule has 1 aliphatic rings. The normalized spacial score (nSPS) is 19.7. The summed E-state index contributed by atoms with van der Waals surface area (Å²) in [6, 6.07) is 8.44. The lowest BCUT2D eigenvalue weighted by Crippen LogP contribution is -2.39. The third-order valence-electron chi connectivity index (χ3n) is 4.23. The van der Waals surface area contributed by atoms with Gasteiger partial charge in [-0.2, -0.15) is 0 Å². The number of hydrogen-bond acceptors (Lipinski definition) is 4. The number of aryl methyl sites for hydroxylation is 1. The third kappa shape index (κ3) is 6.60. The predicted octanol–water partition coefficient (Wildman–Crippen LogP) is 2.76. The monoisotopic (exact) mass is 321 g/mol. The Balaban J connectivity index is 1.94. The van der Waals surface area contributed by atoms with E-state index in [1.165, 1.54) is 11.1 Å². The highest BCUT2D eigenvalue weighted by molar-refractivity contribution is 5.25. The number of hydrogen-bond donors (Lipinski definition) is 1. The Morgan fingerprint density at radius 2 is 2.13 bits per heavy atom. The molecule has 0 amide bonds. The fourth-order valence-electron chi connectivity index (χ4n) is 2.96. The molecule has 1 aliphatic heterocycles. The number of benzene rings is 1. The van der Waals surface area contributed by atoms with E-state index in [0.717, 1.165) is 32.5 Å². The van der Waals surface area contributed by atoms with E-state index in [9.17, 15) is 5.11 Å². The van der Waals surface area contributed by atoms with E-state index in [1.54, 1.807) is 0 Å². The second-order valence-corrected chi connectivity index (χ2v) is 6.79. The summed E-state index contributed by atoms with van der Waals surface area (Å²) in [5.41, 5.74) is 2.60. The van der Waals surface area contributed by atoms with Crippen molar-refractivity contribution >= 4 is 0 Å². The van der Waals surface area contributed by atoms with Crippen molar-refractivity contribution in [3.8, 4) is 0 Å². The van der Waals surface area contributed by atoms with E-state index >= 15 is 0 Å². The standard InChI is InChI=1S/C19H31NO3/c1-15(2)23-14-18(21)12-20(13-19-9-6-10-22-19)11-17-8-5-4-7-16(17)3/h4-5,7-8,15,18-19,21H,6,9-14H2,1-3H3/t18-,19+/m1/s1. The second-order valence-electron chi connectivity index (χ2n) is 6.79. The van der Waals surface area contributed by atoms with Crippen LogP contribution in [0.4, 0.5) is 0 Å². The molecule has 0 bridgehead atoms. The lowest BCUT2D eigenvalue weighted by molar-refractivity contribution is -0.0172. The highest BCUT2D eigenvalue weighted by Gasteiger charge is 2.21. The molecular weight excluding hydrogens is 290 g/mol. The maximum absolute atomic E-state index is 10.3. The first-order valence-corrected chi connectivity index (χ1v) is 8.72. The molecule has 0 radical (unpaired) electrons. The Bertz CT molecular complexity index is 458. The van der Waals surface area contributed by atoms with Crippen LogP contribution in [0.5, 0.6) is 0 Å². The van der Waals surface area contributed by atoms with E-state index in [2.05, 4.69) is 36.1 Å². The molecule has 0 saturated carbocycles. The highest BCUT2D eigenvalue weighted by atomic mass is 16.5. The number of nitrogens with zero attached hydrogens (tertiary/aromatic N) is 1. The molecule has 0 aromatic heterocycles. The van der Waals surface area contributed by atoms with Crippen molar-refractivity contribution < 1.29 is 14.6 Å². The summed E-state index contributed by atoms with van der Waals surface area (Å²) < 4.78 is 11.3. The summed E-state index contributed by atoms with van der Waals surface area (Å²) in [5, 5.41) is 10.3. The average molecular weight is 321 g/mol. The Hall–Kier alpha value is -0.940. The van der Waals surface area contributed by atoms with Gasteiger partial charge in [-0.3, -0.25) is 4.90 Å². The fraction of sp³-hybridized carbons (Fsp3) is 0.684. The van der Waals surface area contributed by atoms with Crippen LogP contribution < -0.4 is 0 Å². The van der Waals surface area contributed by atoms with Gasteiger partial charge in [0.1, 0.15) is 0 Å². The molecular formula is C19H31NO3. The zero-order valence-corrected chi connectivity index (χ0v) is 14.7. The molecule has 2 rings (SSSR count). The van der Waals surface area contributed by atoms with E-state index in [-0.39, 0.29) is 12.2 Å². The van der Waals surface area contributed by atoms with E-state index < -0.39 is 6.10 Å². The van der Waals surface area contributed by atoms with Gasteiger partial charge in [-0.15, -0.1) is 0 Å². The van der Waals surface area contributed by atoms with Gasteiger partial charge in [0.05, 0.1) is 24.9 Å². The minimum absolute atomic E-state index is 0.146. The summed E-state index contributed by atoms with van der Waals surface area (Å²) in [6.07, 6.45) is 2.22. The second kappa shape index (κ2) is 9.38. The molecule has 2 atom stereocenters. The predicted molar refractivity (Wildman–Crippen MR) is 92.5 cm³/mol. The van der Waals surface area contributed by atoms with E-state index in [1.807, 2.05) is 13.8 Å². The van der Waals surface area contributed by atoms with Gasteiger partial charge in [-0.25, -0.2) is 0 Å². The van der Waals surface area contributed by atoms with Gasteiger partial charge in [0.2, 0.25) is 0 Å². The quantitative estimate of drug-likeness (QED) is 0.759. The Kier molecular flexibility index (Phi) is 7.50. The molecule has 1 aromatic carbocycles. The summed E-state index contributed by atoms with van der Waals surface area (Å²) in [4.78, 5) is 2.30. The van der Waals surface area contributed by atoms with Crippen molar-refractivity contribution in [1.29, 1.82) is 0 Å². The van der Waals surface area contributed by atoms with Crippen LogP contribution in [0.2, 0.25) is 0 Å². The maximum atomic E-state index is 10.3. The SMILES string of the molecule is Cc1ccccc1CN(C[C@@H](O)COC(C)C)C[C@@H]1CCCO1. The minimum Gasteiger partial charge on any atom is -0.389 e. The Morgan fingerprint density at radius 3 is 2.78 bits per heavy atom. The third-order valence-corrected chi connectivity index (χ3v) is 4.23. The smallest absolute Gasteiger partial charge is 0.0900 e. The van der Waals surface area contributed by atoms with Gasteiger partial charge in [0.25, 0.3) is 0 Å². The molecule has 1 N–H and O–H groups in total. The van der Waals surface area contributed by atoms with Gasteiger partial charge >= 0.3 is 0 Å². The number of rotatable bonds is 9. The zero-order valence-electron chi connectivity index (χ0n) is 14.7. The zero-order chi connectivity index (χ0) is 16.7. The molecule has 1 saturated heterocycles. The van der Waals surface area contributed by atoms with Crippen LogP contribution in [0.1, 0.15) is 37.8 Å². The largest absolute Gasteiger partial charge is 0.389 e. The first-order valence-electron chi connectivity index (χ1n) is 8.72. The van der Waals surface area contributed by atoms with Crippen molar-refractivity contribution in [2.75, 3.05) is 26.3 Å². The van der Waals surface area contributed by atoms with Gasteiger partial charge in [-0.1, -0.05) is 24.3 Å². The van der Waals surface area contributed by atoms with Crippen LogP contribution in [0.3, 0.4) is 0 Å². The van der Waals surface area contributed by atoms with Crippen LogP contribution in [0.15, 0.2) is 24.3 Å². The maximum Gasteiger partial charge on any atom is 0.0900 e. The lowest BCUT2D eigenvalue weighted by Gasteiger charge is -2.28. The first kappa shape index (κ1) is 18.4. The van der Waals surface area contributed by atoms with Crippen molar-refractivity contribution in [1.82, 2.24) is 4.90 Å². The molecule has 1 fully saturated rings. The highest BCUT2D eigenvalue weighted by Crippen LogP contribution is 2.17. The van der Waals surface area contributed by atoms with Gasteiger partial charge in [0.15, 0.2) is 0 Å². The van der Waals surface area contributed by atoms with Crippen LogP contribution >= 0.6 is 0 Å². The number of aliphatic hydroxyl groups excluding tert-OH is 1. The fourth-order valence-corrected chi connectivity index (χ4v) is 2.96. The molecule has 0 aliphatic carbocycles. The van der Waals surface area contributed by atoms with Crippen LogP contribution in [0, 0.1) is 6.92 Å². The lowest BCUT2D eigenvalue weighted by atomic mass is 10.1. The molecule has 130 valence electrons. The summed E-state index contributed by atoms with van der Waals surface area (Å²) >= 11 is 0. The van der Waals surface area contributed by atoms with E-state index in [4.69, 9.17) is 9.47 Å². The van der Waals surface area contributed by atoms with Crippen LogP contribution in [0.25, 0.3) is 0 Å². The molecule has 1 aromatic rings. The van der Waals surface area contributed by atoms with E-state index in [0.29, 0.717) is 13.2 Å². The summed E-state index contributed by atoms with van der Waals surface area (Å²) in [7, 11) is 0. The van der Waals surface area contributed by atoms with Crippen LogP contribution in [-0.2, 0) is 16.0 Å². The molecule has 0 spiro atoms. The Labute approximate surface area is 140 Å². The van der Waals surface area contributed by atoms with Gasteiger partial charge in [-0.05, 0) is 44.7 Å². The van der Waals surface area contributed by atoms with Crippen molar-refractivity contribution in [2.45, 2.75) is 58.5 Å². The topological polar surface area (TPSA) is 41.9 Å².